The normalized spacial score (nSPS) is 38.8. The van der Waals surface area contributed by atoms with Gasteiger partial charge in [0.2, 0.25) is 0 Å². The third-order valence-corrected chi connectivity index (χ3v) is 28.6. The molecule has 8 N–H and O–H groups in total. The zero-order chi connectivity index (χ0) is 63.2. The Labute approximate surface area is 549 Å². The molecular weight excluding hydrogens is 1170 g/mol. The number of Topliss-reactive ketones (excluding diaryl/α,β-unsaturated/α-hetero) is 1. The van der Waals surface area contributed by atoms with Crippen LogP contribution in [0.5, 0.6) is 23.0 Å². The summed E-state index contributed by atoms with van der Waals surface area (Å²) in [5.74, 6) is 10.9. The predicted octanol–water partition coefficient (Wildman–Crippen LogP) is 12.3. The number of ether oxygens (including phenoxy) is 1. The van der Waals surface area contributed by atoms with Crippen molar-refractivity contribution >= 4 is 22.3 Å². The SMILES string of the molecule is COc1cc(C2CC(=O)C3Cc4cc5cc6c4C4C#CCC7NC8CC9C(=C%10C=C(C(O)CC%10C%10=CC%11CCCC%11%12CC%109C9CC%12c%10cc(O)c(O)cc%10C89C(C3O)C7C#CC2Cc2ccccc2)C52CCCCC2)n2cc3cccc(c3c2)C6CC4O)c(CO)cc1O. The minimum atomic E-state index is -1.33. The van der Waals surface area contributed by atoms with E-state index >= 15 is 9.90 Å². The molecule has 0 amide bonds. The number of aliphatic hydroxyl groups excluding tert-OH is 4. The summed E-state index contributed by atoms with van der Waals surface area (Å²) in [6.45, 7) is -0.409. The molecular formula is C83H82N2O9. The first-order valence-electron chi connectivity index (χ1n) is 35.7. The topological polar surface area (TPSA) is 185 Å². The number of phenols is 3. The Morgan fingerprint density at radius 3 is 2.45 bits per heavy atom. The van der Waals surface area contributed by atoms with E-state index in [1.165, 1.54) is 24.0 Å². The van der Waals surface area contributed by atoms with E-state index in [4.69, 9.17) is 4.74 Å². The van der Waals surface area contributed by atoms with Crippen molar-refractivity contribution in [3.8, 4) is 46.7 Å². The summed E-state index contributed by atoms with van der Waals surface area (Å²) >= 11 is 0. The predicted molar refractivity (Wildman–Crippen MR) is 357 cm³/mol. The molecule has 11 nitrogen and oxygen atoms in total. The zero-order valence-corrected chi connectivity index (χ0v) is 53.3. The number of carbonyl (C=O) groups excluding carboxylic acids is 1. The van der Waals surface area contributed by atoms with Gasteiger partial charge in [0.1, 0.15) is 5.78 Å². The van der Waals surface area contributed by atoms with Crippen molar-refractivity contribution in [2.45, 2.75) is 181 Å². The molecule has 1 saturated heterocycles. The molecule has 5 fully saturated rings. The lowest BCUT2D eigenvalue weighted by Crippen LogP contribution is -2.79. The Morgan fingerprint density at radius 2 is 1.61 bits per heavy atom. The maximum absolute atomic E-state index is 17.5. The first-order valence-corrected chi connectivity index (χ1v) is 35.7. The fourth-order valence-electron chi connectivity index (χ4n) is 25.3. The summed E-state index contributed by atoms with van der Waals surface area (Å²) in [4.78, 5) is 17.5. The summed E-state index contributed by atoms with van der Waals surface area (Å²) in [7, 11) is 1.51. The quantitative estimate of drug-likeness (QED) is 0.0469. The Balaban J connectivity index is 0.974. The van der Waals surface area contributed by atoms with Crippen LogP contribution in [-0.4, -0.2) is 83.6 Å². The van der Waals surface area contributed by atoms with E-state index < -0.39 is 82.7 Å². The third kappa shape index (κ3) is 7.21. The molecule has 1 aromatic heterocycles. The highest BCUT2D eigenvalue weighted by Gasteiger charge is 2.79. The number of benzene rings is 5. The van der Waals surface area contributed by atoms with E-state index in [0.717, 1.165) is 125 Å². The van der Waals surface area contributed by atoms with Crippen LogP contribution in [0.4, 0.5) is 0 Å². The number of hydrogen-bond acceptors (Lipinski definition) is 10. The van der Waals surface area contributed by atoms with E-state index in [1.807, 2.05) is 30.3 Å². The summed E-state index contributed by atoms with van der Waals surface area (Å²) in [5.41, 5.74) is 12.3. The Morgan fingerprint density at radius 1 is 0.755 bits per heavy atom. The molecule has 19 rings (SSSR count). The van der Waals surface area contributed by atoms with Crippen molar-refractivity contribution in [1.82, 2.24) is 9.88 Å². The van der Waals surface area contributed by atoms with Crippen LogP contribution in [-0.2, 0) is 35.1 Å². The molecule has 4 spiro atoms. The van der Waals surface area contributed by atoms with Gasteiger partial charge in [-0.1, -0.05) is 122 Å². The number of nitrogens with zero attached hydrogens (tertiary/aromatic N) is 1. The van der Waals surface area contributed by atoms with Gasteiger partial charge in [0, 0.05) is 117 Å². The number of aromatic hydroxyl groups is 3. The lowest BCUT2D eigenvalue weighted by Gasteiger charge is -2.77. The number of hydrogen-bond donors (Lipinski definition) is 8. The van der Waals surface area contributed by atoms with Gasteiger partial charge in [-0.25, -0.2) is 0 Å². The minimum absolute atomic E-state index is 0.0253. The van der Waals surface area contributed by atoms with Crippen LogP contribution < -0.4 is 10.1 Å². The number of fused-ring (bicyclic) bond motifs is 12. The molecule has 20 unspecified atom stereocenters. The summed E-state index contributed by atoms with van der Waals surface area (Å²) in [6.07, 6.45) is 19.4. The van der Waals surface area contributed by atoms with Crippen LogP contribution in [0.15, 0.2) is 126 Å². The van der Waals surface area contributed by atoms with Crippen molar-refractivity contribution in [2.75, 3.05) is 7.11 Å². The number of rotatable bonds is 5. The average molecular weight is 1250 g/mol. The van der Waals surface area contributed by atoms with Gasteiger partial charge in [-0.15, -0.1) is 5.92 Å². The molecule has 13 aliphatic rings. The van der Waals surface area contributed by atoms with Crippen LogP contribution in [0.25, 0.3) is 16.5 Å². The van der Waals surface area contributed by atoms with E-state index in [9.17, 15) is 30.6 Å². The largest absolute Gasteiger partial charge is 0.504 e. The number of methoxy groups -OCH3 is 1. The maximum Gasteiger partial charge on any atom is 0.160 e. The van der Waals surface area contributed by atoms with Crippen molar-refractivity contribution < 1.29 is 45.3 Å². The first-order chi connectivity index (χ1) is 45.8. The van der Waals surface area contributed by atoms with Gasteiger partial charge in [-0.3, -0.25) is 4.79 Å². The zero-order valence-electron chi connectivity index (χ0n) is 53.3. The van der Waals surface area contributed by atoms with Gasteiger partial charge in [-0.05, 0) is 185 Å². The Kier molecular flexibility index (Phi) is 12.1. The highest BCUT2D eigenvalue weighted by atomic mass is 16.5. The molecule has 11 aliphatic carbocycles. The molecule has 3 heterocycles. The smallest absolute Gasteiger partial charge is 0.160 e. The second-order valence-electron chi connectivity index (χ2n) is 31.9. The van der Waals surface area contributed by atoms with E-state index in [0.29, 0.717) is 43.2 Å². The molecule has 5 aromatic carbocycles. The lowest BCUT2D eigenvalue weighted by atomic mass is 9.27. The standard InChI is InChI=1S/C83H82N2O9/c1-94-73-34-53(46(40-86)26-72(73)92)52-30-68(88)59-25-45-24-48-27-56-54-31-67(87)51(76(45)56)16-9-17-66-50(19-18-43(52)23-42-11-4-2-5-12-42)77(79(59)93)83-63-35-71(91)70(90)33-58(63)61-36-74(83)82-41-81(61)22-10-14-47(81)28-62(82)55-32-69(89)64(80(48)20-6-3-7-21-80)29-57(55)78(65(82)37-75(83)84-66)85-38-44-13-8-15-49(54)60(44)39-85/h2,4-5,8,11-13,15,24,26-29,33-35,38-39,43,47,50-52,54-55,59,61,65-67,69,74-75,77,79,84,86-87,89-93H,3,6-7,10,14,17,20-23,25,30-32,36-37,40-41H2,1H3. The monoisotopic (exact) mass is 1250 g/mol. The first kappa shape index (κ1) is 56.9. The van der Waals surface area contributed by atoms with Crippen LogP contribution in [0.1, 0.15) is 176 Å². The highest BCUT2D eigenvalue weighted by molar-refractivity contribution is 5.89. The molecule has 14 bridgehead atoms. The van der Waals surface area contributed by atoms with Gasteiger partial charge < -0.3 is 50.4 Å². The molecule has 478 valence electrons. The number of ketones is 1. The molecule has 0 radical (unpaired) electrons. The van der Waals surface area contributed by atoms with Crippen LogP contribution in [0, 0.1) is 81.9 Å². The van der Waals surface area contributed by atoms with E-state index in [2.05, 4.69) is 101 Å². The number of carbonyl (C=O) groups is 1. The number of nitrogens with one attached hydrogen (secondary N) is 1. The molecule has 4 saturated carbocycles. The highest BCUT2D eigenvalue weighted by Crippen LogP contribution is 2.84. The van der Waals surface area contributed by atoms with Gasteiger partial charge in [0.25, 0.3) is 0 Å². The number of allylic oxidation sites excluding steroid dienone is 5. The molecule has 6 aromatic rings. The van der Waals surface area contributed by atoms with Crippen molar-refractivity contribution in [3.63, 3.8) is 0 Å². The number of phenolic OH excluding ortho intramolecular Hbond substituents is 3. The summed E-state index contributed by atoms with van der Waals surface area (Å²) < 4.78 is 8.42. The second kappa shape index (κ2) is 19.9. The number of piperidine rings is 1. The fraction of sp³-hybridized carbons (Fsp3) is 0.482. The van der Waals surface area contributed by atoms with E-state index in [-0.39, 0.29) is 88.6 Å². The average Bonchev–Trinajstić information content (AvgIpc) is 0.864. The molecule has 11 heteroatoms. The Hall–Kier alpha value is -7.35. The van der Waals surface area contributed by atoms with E-state index in [1.54, 1.807) is 12.1 Å². The molecule has 20 atom stereocenters. The Bertz CT molecular complexity index is 4560. The van der Waals surface area contributed by atoms with Crippen molar-refractivity contribution in [1.29, 1.82) is 0 Å². The van der Waals surface area contributed by atoms with Gasteiger partial charge >= 0.3 is 0 Å². The van der Waals surface area contributed by atoms with Crippen molar-refractivity contribution in [2.24, 2.45) is 58.2 Å². The third-order valence-electron chi connectivity index (χ3n) is 28.6. The number of aromatic nitrogens is 1. The summed E-state index contributed by atoms with van der Waals surface area (Å²) in [5, 5.41) is 96.8. The lowest BCUT2D eigenvalue weighted by molar-refractivity contribution is -0.185. The minimum Gasteiger partial charge on any atom is -0.504 e. The molecule has 2 aliphatic heterocycles. The van der Waals surface area contributed by atoms with Crippen LogP contribution >= 0.6 is 0 Å². The number of aliphatic hydroxyl groups is 4. The maximum atomic E-state index is 17.5. The van der Waals surface area contributed by atoms with Crippen molar-refractivity contribution in [3.05, 3.63) is 182 Å². The van der Waals surface area contributed by atoms with Gasteiger partial charge in [-0.2, -0.15) is 0 Å². The summed E-state index contributed by atoms with van der Waals surface area (Å²) in [6, 6.07) is 28.2. The van der Waals surface area contributed by atoms with Gasteiger partial charge in [0.15, 0.2) is 23.0 Å². The van der Waals surface area contributed by atoms with Crippen LogP contribution in [0.3, 0.4) is 0 Å². The fourth-order valence-corrected chi connectivity index (χ4v) is 25.3. The van der Waals surface area contributed by atoms with Crippen LogP contribution in [0.2, 0.25) is 0 Å². The second-order valence-corrected chi connectivity index (χ2v) is 31.9. The van der Waals surface area contributed by atoms with Gasteiger partial charge in [0.05, 0.1) is 37.9 Å². The molecule has 94 heavy (non-hydrogen) atoms.